The van der Waals surface area contributed by atoms with Gasteiger partial charge in [0.25, 0.3) is 0 Å². The van der Waals surface area contributed by atoms with E-state index in [0.29, 0.717) is 0 Å². The van der Waals surface area contributed by atoms with E-state index in [1.54, 1.807) is 0 Å². The third-order valence-electron chi connectivity index (χ3n) is 3.10. The SMILES string of the molecule is CCN(CC1CC1)c1ccc(C(=N)N)cc1. The molecule has 1 aromatic rings. The van der Waals surface area contributed by atoms with Crippen LogP contribution in [-0.4, -0.2) is 18.9 Å². The van der Waals surface area contributed by atoms with Crippen molar-refractivity contribution in [2.24, 2.45) is 11.7 Å². The van der Waals surface area contributed by atoms with E-state index in [-0.39, 0.29) is 5.84 Å². The van der Waals surface area contributed by atoms with E-state index in [9.17, 15) is 0 Å². The van der Waals surface area contributed by atoms with Crippen molar-refractivity contribution in [1.29, 1.82) is 5.41 Å². The number of nitrogens with zero attached hydrogens (tertiary/aromatic N) is 1. The van der Waals surface area contributed by atoms with E-state index in [2.05, 4.69) is 24.0 Å². The molecule has 1 saturated carbocycles. The van der Waals surface area contributed by atoms with Crippen molar-refractivity contribution in [1.82, 2.24) is 0 Å². The second-order valence-electron chi connectivity index (χ2n) is 4.44. The van der Waals surface area contributed by atoms with Crippen molar-refractivity contribution in [3.63, 3.8) is 0 Å². The summed E-state index contributed by atoms with van der Waals surface area (Å²) in [5.74, 6) is 1.03. The van der Waals surface area contributed by atoms with Crippen molar-refractivity contribution in [2.45, 2.75) is 19.8 Å². The van der Waals surface area contributed by atoms with Crippen molar-refractivity contribution in [2.75, 3.05) is 18.0 Å². The van der Waals surface area contributed by atoms with Crippen molar-refractivity contribution in [3.8, 4) is 0 Å². The maximum Gasteiger partial charge on any atom is 0.122 e. The molecule has 1 aliphatic carbocycles. The number of nitrogen functional groups attached to an aromatic ring is 1. The molecule has 86 valence electrons. The minimum atomic E-state index is 0.136. The molecule has 1 aliphatic rings. The summed E-state index contributed by atoms with van der Waals surface area (Å²) in [5.41, 5.74) is 7.47. The lowest BCUT2D eigenvalue weighted by Gasteiger charge is -2.23. The summed E-state index contributed by atoms with van der Waals surface area (Å²) >= 11 is 0. The second-order valence-corrected chi connectivity index (χ2v) is 4.44. The van der Waals surface area contributed by atoms with Crippen LogP contribution in [0.5, 0.6) is 0 Å². The van der Waals surface area contributed by atoms with Gasteiger partial charge in [-0.15, -0.1) is 0 Å². The second kappa shape index (κ2) is 4.56. The Balaban J connectivity index is 2.08. The lowest BCUT2D eigenvalue weighted by Crippen LogP contribution is -2.25. The molecule has 16 heavy (non-hydrogen) atoms. The van der Waals surface area contributed by atoms with Crippen LogP contribution in [0, 0.1) is 11.3 Å². The standard InChI is InChI=1S/C13H19N3/c1-2-16(9-10-3-4-10)12-7-5-11(6-8-12)13(14)15/h5-8,10H,2-4,9H2,1H3,(H3,14,15). The van der Waals surface area contributed by atoms with Crippen LogP contribution in [0.4, 0.5) is 5.69 Å². The minimum absolute atomic E-state index is 0.136. The van der Waals surface area contributed by atoms with Gasteiger partial charge in [-0.3, -0.25) is 5.41 Å². The fourth-order valence-corrected chi connectivity index (χ4v) is 1.88. The molecule has 3 nitrogen and oxygen atoms in total. The van der Waals surface area contributed by atoms with Gasteiger partial charge in [0.1, 0.15) is 5.84 Å². The molecule has 0 radical (unpaired) electrons. The molecule has 2 rings (SSSR count). The third-order valence-corrected chi connectivity index (χ3v) is 3.10. The monoisotopic (exact) mass is 217 g/mol. The number of nitrogens with two attached hydrogens (primary N) is 1. The van der Waals surface area contributed by atoms with Gasteiger partial charge in [-0.1, -0.05) is 0 Å². The van der Waals surface area contributed by atoms with E-state index >= 15 is 0 Å². The molecule has 0 saturated heterocycles. The van der Waals surface area contributed by atoms with Gasteiger partial charge in [0, 0.05) is 24.3 Å². The average Bonchev–Trinajstić information content (AvgIpc) is 3.10. The molecule has 0 amide bonds. The van der Waals surface area contributed by atoms with Crippen LogP contribution < -0.4 is 10.6 Å². The number of benzene rings is 1. The summed E-state index contributed by atoms with van der Waals surface area (Å²) in [5, 5.41) is 7.35. The first kappa shape index (κ1) is 11.0. The van der Waals surface area contributed by atoms with E-state index in [0.717, 1.165) is 24.6 Å². The van der Waals surface area contributed by atoms with Crippen LogP contribution in [0.2, 0.25) is 0 Å². The largest absolute Gasteiger partial charge is 0.384 e. The summed E-state index contributed by atoms with van der Waals surface area (Å²) in [4.78, 5) is 2.39. The van der Waals surface area contributed by atoms with Gasteiger partial charge in [-0.25, -0.2) is 0 Å². The molecule has 3 heteroatoms. The first-order chi connectivity index (χ1) is 7.70. The summed E-state index contributed by atoms with van der Waals surface area (Å²) in [6.45, 7) is 4.38. The van der Waals surface area contributed by atoms with Crippen LogP contribution >= 0.6 is 0 Å². The van der Waals surface area contributed by atoms with Gasteiger partial charge in [-0.2, -0.15) is 0 Å². The van der Waals surface area contributed by atoms with Crippen molar-refractivity contribution in [3.05, 3.63) is 29.8 Å². The molecule has 1 aromatic carbocycles. The van der Waals surface area contributed by atoms with E-state index in [1.165, 1.54) is 18.5 Å². The zero-order chi connectivity index (χ0) is 11.5. The number of nitrogens with one attached hydrogen (secondary N) is 1. The highest BCUT2D eigenvalue weighted by Crippen LogP contribution is 2.31. The predicted octanol–water partition coefficient (Wildman–Crippen LogP) is 2.21. The number of rotatable bonds is 5. The Bertz CT molecular complexity index is 365. The Labute approximate surface area is 96.8 Å². The van der Waals surface area contributed by atoms with Gasteiger partial charge in [0.15, 0.2) is 0 Å². The molecule has 0 aromatic heterocycles. The van der Waals surface area contributed by atoms with Gasteiger partial charge in [0.05, 0.1) is 0 Å². The van der Waals surface area contributed by atoms with Crippen molar-refractivity contribution < 1.29 is 0 Å². The minimum Gasteiger partial charge on any atom is -0.384 e. The zero-order valence-electron chi connectivity index (χ0n) is 9.74. The Morgan fingerprint density at radius 2 is 2.00 bits per heavy atom. The molecular weight excluding hydrogens is 198 g/mol. The Morgan fingerprint density at radius 1 is 1.38 bits per heavy atom. The lowest BCUT2D eigenvalue weighted by molar-refractivity contribution is 0.742. The third kappa shape index (κ3) is 2.54. The quantitative estimate of drug-likeness (QED) is 0.587. The van der Waals surface area contributed by atoms with Gasteiger partial charge >= 0.3 is 0 Å². The normalized spacial score (nSPS) is 14.8. The van der Waals surface area contributed by atoms with E-state index in [1.807, 2.05) is 12.1 Å². The topological polar surface area (TPSA) is 53.1 Å². The first-order valence-electron chi connectivity index (χ1n) is 5.90. The van der Waals surface area contributed by atoms with Crippen LogP contribution in [0.15, 0.2) is 24.3 Å². The lowest BCUT2D eigenvalue weighted by atomic mass is 10.1. The number of anilines is 1. The summed E-state index contributed by atoms with van der Waals surface area (Å²) in [6.07, 6.45) is 2.75. The molecule has 1 fully saturated rings. The fourth-order valence-electron chi connectivity index (χ4n) is 1.88. The highest BCUT2D eigenvalue weighted by molar-refractivity contribution is 5.95. The highest BCUT2D eigenvalue weighted by atomic mass is 15.1. The molecule has 0 heterocycles. The molecule has 0 unspecified atom stereocenters. The predicted molar refractivity (Wildman–Crippen MR) is 68.1 cm³/mol. The smallest absolute Gasteiger partial charge is 0.122 e. The molecule has 0 atom stereocenters. The Kier molecular flexibility index (Phi) is 3.13. The number of hydrogen-bond donors (Lipinski definition) is 2. The van der Waals surface area contributed by atoms with E-state index in [4.69, 9.17) is 11.1 Å². The van der Waals surface area contributed by atoms with Crippen LogP contribution in [-0.2, 0) is 0 Å². The summed E-state index contributed by atoms with van der Waals surface area (Å²) < 4.78 is 0. The molecule has 0 bridgehead atoms. The fraction of sp³-hybridized carbons (Fsp3) is 0.462. The zero-order valence-corrected chi connectivity index (χ0v) is 9.74. The molecular formula is C13H19N3. The van der Waals surface area contributed by atoms with E-state index < -0.39 is 0 Å². The average molecular weight is 217 g/mol. The molecule has 0 spiro atoms. The number of hydrogen-bond acceptors (Lipinski definition) is 2. The highest BCUT2D eigenvalue weighted by Gasteiger charge is 2.23. The van der Waals surface area contributed by atoms with Gasteiger partial charge < -0.3 is 10.6 Å². The van der Waals surface area contributed by atoms with Gasteiger partial charge in [0.2, 0.25) is 0 Å². The van der Waals surface area contributed by atoms with Crippen LogP contribution in [0.1, 0.15) is 25.3 Å². The molecule has 0 aliphatic heterocycles. The maximum absolute atomic E-state index is 7.35. The number of amidine groups is 1. The molecule has 3 N–H and O–H groups in total. The Hall–Kier alpha value is -1.51. The van der Waals surface area contributed by atoms with Crippen LogP contribution in [0.25, 0.3) is 0 Å². The van der Waals surface area contributed by atoms with Gasteiger partial charge in [-0.05, 0) is 49.9 Å². The summed E-state index contributed by atoms with van der Waals surface area (Å²) in [6, 6.07) is 7.96. The summed E-state index contributed by atoms with van der Waals surface area (Å²) in [7, 11) is 0. The van der Waals surface area contributed by atoms with Crippen LogP contribution in [0.3, 0.4) is 0 Å². The van der Waals surface area contributed by atoms with Crippen molar-refractivity contribution >= 4 is 11.5 Å². The Morgan fingerprint density at radius 3 is 2.44 bits per heavy atom. The first-order valence-corrected chi connectivity index (χ1v) is 5.90. The maximum atomic E-state index is 7.35.